The van der Waals surface area contributed by atoms with E-state index in [0.717, 1.165) is 30.6 Å². The van der Waals surface area contributed by atoms with Gasteiger partial charge in [0.2, 0.25) is 0 Å². The Morgan fingerprint density at radius 1 is 1.22 bits per heavy atom. The molecule has 3 fully saturated rings. The van der Waals surface area contributed by atoms with Gasteiger partial charge in [-0.15, -0.1) is 0 Å². The maximum absolute atomic E-state index is 12.7. The molecule has 0 spiro atoms. The third-order valence-electron chi connectivity index (χ3n) is 9.36. The summed E-state index contributed by atoms with van der Waals surface area (Å²) in [6.07, 6.45) is 12.1. The second-order valence-electron chi connectivity index (χ2n) is 11.3. The molecule has 196 valence electrons. The lowest BCUT2D eigenvalue weighted by Gasteiger charge is -2.47. The molecular weight excluding hydrogens is 466 g/mol. The van der Waals surface area contributed by atoms with Gasteiger partial charge in [-0.1, -0.05) is 31.0 Å². The molecule has 8 heteroatoms. The van der Waals surface area contributed by atoms with Crippen LogP contribution in [-0.2, 0) is 22.5 Å². The number of carbonyl (C=O) groups is 1. The lowest BCUT2D eigenvalue weighted by Crippen LogP contribution is -2.51. The minimum absolute atomic E-state index is 0.0148. The van der Waals surface area contributed by atoms with Gasteiger partial charge in [0.25, 0.3) is 0 Å². The normalized spacial score (nSPS) is 28.4. The van der Waals surface area contributed by atoms with E-state index in [2.05, 4.69) is 45.4 Å². The number of likely N-dealkylation sites (tertiary alicyclic amines) is 1. The fourth-order valence-electron chi connectivity index (χ4n) is 7.43. The van der Waals surface area contributed by atoms with E-state index >= 15 is 0 Å². The average molecular weight is 504 g/mol. The molecule has 3 N–H and O–H groups in total. The van der Waals surface area contributed by atoms with Crippen molar-refractivity contribution in [2.75, 3.05) is 13.7 Å². The van der Waals surface area contributed by atoms with Crippen molar-refractivity contribution in [2.24, 2.45) is 17.8 Å². The van der Waals surface area contributed by atoms with Crippen LogP contribution in [0, 0.1) is 29.2 Å². The first kappa shape index (κ1) is 24.2. The summed E-state index contributed by atoms with van der Waals surface area (Å²) in [5.74, 6) is -0.00570. The lowest BCUT2D eigenvalue weighted by molar-refractivity contribution is -0.159. The van der Waals surface area contributed by atoms with Crippen LogP contribution in [0.3, 0.4) is 0 Å². The molecule has 2 saturated carbocycles. The maximum Gasteiger partial charge on any atom is 0.311 e. The number of piperidine rings is 1. The van der Waals surface area contributed by atoms with Gasteiger partial charge in [0.15, 0.2) is 6.19 Å². The number of esters is 1. The van der Waals surface area contributed by atoms with E-state index in [1.165, 1.54) is 49.4 Å². The smallest absolute Gasteiger partial charge is 0.311 e. The van der Waals surface area contributed by atoms with Crippen molar-refractivity contribution in [1.29, 1.82) is 5.26 Å². The molecule has 2 aromatic heterocycles. The molecule has 0 bridgehead atoms. The Morgan fingerprint density at radius 3 is 2.76 bits per heavy atom. The van der Waals surface area contributed by atoms with Gasteiger partial charge < -0.3 is 24.8 Å². The van der Waals surface area contributed by atoms with E-state index in [0.29, 0.717) is 25.3 Å². The number of aryl methyl sites for hydroxylation is 2. The van der Waals surface area contributed by atoms with Crippen LogP contribution < -0.4 is 0 Å². The van der Waals surface area contributed by atoms with Crippen LogP contribution in [0.4, 0.5) is 0 Å². The number of hydrogen-bond acceptors (Lipinski definition) is 5. The fraction of sp³-hybridized carbons (Fsp3) is 0.586. The Balaban J connectivity index is 1.29. The number of benzene rings is 1. The number of aliphatic hydroxyl groups is 1. The monoisotopic (exact) mass is 503 g/mol. The highest BCUT2D eigenvalue weighted by Gasteiger charge is 2.49. The summed E-state index contributed by atoms with van der Waals surface area (Å²) >= 11 is 0. The van der Waals surface area contributed by atoms with E-state index in [4.69, 9.17) is 4.74 Å². The van der Waals surface area contributed by atoms with Gasteiger partial charge >= 0.3 is 5.97 Å². The number of methoxy groups -OCH3 is 1. The number of aliphatic hydroxyl groups excluding tert-OH is 1. The average Bonchev–Trinajstić information content (AvgIpc) is 3.55. The zero-order valence-electron chi connectivity index (χ0n) is 21.5. The molecule has 5 atom stereocenters. The molecule has 37 heavy (non-hydrogen) atoms. The summed E-state index contributed by atoms with van der Waals surface area (Å²) in [4.78, 5) is 18.2. The Bertz CT molecular complexity index is 1280. The summed E-state index contributed by atoms with van der Waals surface area (Å²) in [6, 6.07) is 8.17. The van der Waals surface area contributed by atoms with Crippen molar-refractivity contribution in [3.8, 4) is 6.19 Å². The first-order valence-electron chi connectivity index (χ1n) is 13.8. The molecule has 1 aromatic carbocycles. The minimum atomic E-state index is -0.691. The highest BCUT2D eigenvalue weighted by Crippen LogP contribution is 2.48. The number of carbonyl (C=O) groups excluding carboxylic acids is 1. The minimum Gasteiger partial charge on any atom is -0.469 e. The molecular formula is C29H37N5O3. The zero-order valence-corrected chi connectivity index (χ0v) is 21.5. The van der Waals surface area contributed by atoms with E-state index in [1.54, 1.807) is 0 Å². The fourth-order valence-corrected chi connectivity index (χ4v) is 7.43. The Labute approximate surface area is 217 Å². The number of ether oxygens (including phenoxy) is 1. The largest absolute Gasteiger partial charge is 0.469 e. The number of fused-ring (bicyclic) bond motifs is 2. The topological polar surface area (TPSA) is 110 Å². The predicted molar refractivity (Wildman–Crippen MR) is 139 cm³/mol. The molecule has 0 amide bonds. The molecule has 1 saturated heterocycles. The van der Waals surface area contributed by atoms with E-state index in [-0.39, 0.29) is 23.8 Å². The third-order valence-corrected chi connectivity index (χ3v) is 9.36. The second-order valence-corrected chi connectivity index (χ2v) is 11.3. The van der Waals surface area contributed by atoms with Crippen LogP contribution in [0.5, 0.6) is 0 Å². The standard InChI is InChI=1S/C29H37N5O3/c1-37-29(36)27-22-14-25(33(17-30)15-19(22)10-11-26(27)35)28-21(20-8-4-5-9-23(20)31-28)12-13-34-16-24(32-34)18-6-2-3-7-18/h4-5,8-9,16,18-19,22,25-27,31-32,35H,2-3,6-7,10-15H2,1H3/t19-,22-,25-,26-,27+/m0/s1. The molecule has 3 aliphatic rings. The van der Waals surface area contributed by atoms with Gasteiger partial charge in [0, 0.05) is 41.8 Å². The molecule has 1 aliphatic heterocycles. The maximum atomic E-state index is 12.7. The number of H-pyrrole nitrogens is 2. The van der Waals surface area contributed by atoms with E-state index in [9.17, 15) is 15.2 Å². The number of rotatable bonds is 6. The Hall–Kier alpha value is -3.18. The number of aromatic nitrogens is 3. The predicted octanol–water partition coefficient (Wildman–Crippen LogP) is 4.60. The first-order chi connectivity index (χ1) is 18.1. The molecule has 2 aliphatic carbocycles. The van der Waals surface area contributed by atoms with Crippen molar-refractivity contribution in [1.82, 2.24) is 19.7 Å². The van der Waals surface area contributed by atoms with E-state index in [1.807, 2.05) is 11.0 Å². The van der Waals surface area contributed by atoms with Gasteiger partial charge in [0.1, 0.15) is 0 Å². The van der Waals surface area contributed by atoms with Gasteiger partial charge in [-0.25, -0.2) is 0 Å². The molecule has 0 radical (unpaired) electrons. The number of aromatic amines is 2. The SMILES string of the molecule is COC(=O)[C@@H]1[C@H]2C[C@@H](c3[nH]c4ccccc4c3CCn3cc(C4CCCC4)[nH]3)N(C#N)C[C@@H]2CC[C@@H]1O. The Kier molecular flexibility index (Phi) is 6.49. The highest BCUT2D eigenvalue weighted by atomic mass is 16.5. The van der Waals surface area contributed by atoms with Gasteiger partial charge in [-0.3, -0.25) is 9.48 Å². The number of nitriles is 1. The van der Waals surface area contributed by atoms with Crippen molar-refractivity contribution in [3.63, 3.8) is 0 Å². The quantitative estimate of drug-likeness (QED) is 0.336. The van der Waals surface area contributed by atoms with Crippen LogP contribution in [0.1, 0.15) is 73.9 Å². The summed E-state index contributed by atoms with van der Waals surface area (Å²) in [6.45, 7) is 1.45. The number of para-hydroxylation sites is 1. The van der Waals surface area contributed by atoms with Gasteiger partial charge in [0.05, 0.1) is 30.9 Å². The van der Waals surface area contributed by atoms with Crippen molar-refractivity contribution < 1.29 is 14.6 Å². The van der Waals surface area contributed by atoms with Crippen LogP contribution in [0.25, 0.3) is 10.9 Å². The molecule has 3 aromatic rings. The number of nitrogens with one attached hydrogen (secondary N) is 2. The van der Waals surface area contributed by atoms with Crippen molar-refractivity contribution >= 4 is 16.9 Å². The summed E-state index contributed by atoms with van der Waals surface area (Å²) in [7, 11) is 1.40. The van der Waals surface area contributed by atoms with Gasteiger partial charge in [-0.2, -0.15) is 5.26 Å². The zero-order chi connectivity index (χ0) is 25.5. The molecule has 3 heterocycles. The van der Waals surface area contributed by atoms with Crippen molar-refractivity contribution in [2.45, 2.75) is 76.0 Å². The van der Waals surface area contributed by atoms with Crippen LogP contribution >= 0.6 is 0 Å². The molecule has 8 nitrogen and oxygen atoms in total. The van der Waals surface area contributed by atoms with E-state index < -0.39 is 12.0 Å². The molecule has 6 rings (SSSR count). The number of nitrogens with zero attached hydrogens (tertiary/aromatic N) is 3. The van der Waals surface area contributed by atoms with Crippen molar-refractivity contribution in [3.05, 3.63) is 47.4 Å². The first-order valence-corrected chi connectivity index (χ1v) is 13.8. The summed E-state index contributed by atoms with van der Waals surface area (Å²) in [5.41, 5.74) is 4.73. The van der Waals surface area contributed by atoms with Gasteiger partial charge in [-0.05, 0) is 62.0 Å². The van der Waals surface area contributed by atoms with Crippen LogP contribution in [0.2, 0.25) is 0 Å². The van der Waals surface area contributed by atoms with Crippen LogP contribution in [-0.4, -0.2) is 50.5 Å². The number of hydrogen-bond donors (Lipinski definition) is 3. The van der Waals surface area contributed by atoms with Crippen LogP contribution in [0.15, 0.2) is 30.5 Å². The third kappa shape index (κ3) is 4.33. The summed E-state index contributed by atoms with van der Waals surface area (Å²) in [5, 5.41) is 25.6. The summed E-state index contributed by atoms with van der Waals surface area (Å²) < 4.78 is 7.28. The second kappa shape index (κ2) is 9.94. The highest BCUT2D eigenvalue weighted by molar-refractivity contribution is 5.85. The lowest BCUT2D eigenvalue weighted by atomic mass is 9.65. The Morgan fingerprint density at radius 2 is 2.00 bits per heavy atom. The molecule has 0 unspecified atom stereocenters.